The van der Waals surface area contributed by atoms with Gasteiger partial charge in [0.25, 0.3) is 0 Å². The van der Waals surface area contributed by atoms with E-state index < -0.39 is 5.97 Å². The largest absolute Gasteiger partial charge is 0.481 e. The summed E-state index contributed by atoms with van der Waals surface area (Å²) < 4.78 is 2.31. The van der Waals surface area contributed by atoms with E-state index in [9.17, 15) is 9.90 Å². The predicted octanol–water partition coefficient (Wildman–Crippen LogP) is 4.21. The van der Waals surface area contributed by atoms with Gasteiger partial charge in [0, 0.05) is 16.8 Å². The number of benzene rings is 2. The topological polar surface area (TPSA) is 42.2 Å². The van der Waals surface area contributed by atoms with Crippen LogP contribution < -0.4 is 0 Å². The second kappa shape index (κ2) is 5.58. The number of hydrogen-bond donors (Lipinski definition) is 1. The lowest BCUT2D eigenvalue weighted by molar-refractivity contribution is -0.141. The molecule has 0 bridgehead atoms. The second-order valence-electron chi connectivity index (χ2n) is 6.24. The van der Waals surface area contributed by atoms with Crippen LogP contribution >= 0.6 is 0 Å². The van der Waals surface area contributed by atoms with Gasteiger partial charge >= 0.3 is 5.97 Å². The molecule has 0 radical (unpaired) electrons. The summed E-state index contributed by atoms with van der Waals surface area (Å²) in [6.45, 7) is 0. The van der Waals surface area contributed by atoms with E-state index in [1.165, 1.54) is 22.2 Å². The molecule has 1 N–H and O–H groups in total. The van der Waals surface area contributed by atoms with E-state index in [2.05, 4.69) is 34.9 Å². The van der Waals surface area contributed by atoms with Crippen molar-refractivity contribution in [2.24, 2.45) is 5.92 Å². The number of aliphatic carboxylic acids is 1. The Balaban J connectivity index is 1.98. The van der Waals surface area contributed by atoms with Crippen LogP contribution in [0.3, 0.4) is 0 Å². The molecule has 4 rings (SSSR count). The molecule has 0 saturated carbocycles. The Morgan fingerprint density at radius 2 is 1.78 bits per heavy atom. The van der Waals surface area contributed by atoms with Gasteiger partial charge in [-0.15, -0.1) is 0 Å². The van der Waals surface area contributed by atoms with E-state index >= 15 is 0 Å². The number of hydrogen-bond acceptors (Lipinski definition) is 1. The highest BCUT2D eigenvalue weighted by atomic mass is 16.4. The van der Waals surface area contributed by atoms with Gasteiger partial charge in [0.1, 0.15) is 0 Å². The molecule has 0 spiro atoms. The molecule has 0 saturated heterocycles. The first-order chi connectivity index (χ1) is 11.3. The number of rotatable bonds is 2. The van der Waals surface area contributed by atoms with Crippen LogP contribution in [-0.2, 0) is 17.6 Å². The van der Waals surface area contributed by atoms with E-state index in [0.717, 1.165) is 24.9 Å². The number of carboxylic acids is 1. The fourth-order valence-corrected chi connectivity index (χ4v) is 3.80. The van der Waals surface area contributed by atoms with Crippen LogP contribution in [0.5, 0.6) is 0 Å². The Morgan fingerprint density at radius 1 is 1.04 bits per heavy atom. The molecule has 23 heavy (non-hydrogen) atoms. The fraction of sp³-hybridized carbons (Fsp3) is 0.250. The lowest BCUT2D eigenvalue weighted by Gasteiger charge is -2.10. The summed E-state index contributed by atoms with van der Waals surface area (Å²) in [7, 11) is 0. The molecule has 0 amide bonds. The molecule has 3 heteroatoms. The van der Waals surface area contributed by atoms with Crippen molar-refractivity contribution in [3.05, 3.63) is 65.9 Å². The normalized spacial score (nSPS) is 17.7. The molecule has 2 aromatic carbocycles. The van der Waals surface area contributed by atoms with Crippen LogP contribution in [0.1, 0.15) is 24.1 Å². The fourth-order valence-electron chi connectivity index (χ4n) is 3.80. The average molecular weight is 305 g/mol. The first-order valence-corrected chi connectivity index (χ1v) is 8.15. The number of nitrogens with zero attached hydrogens (tertiary/aromatic N) is 1. The Hall–Kier alpha value is -2.55. The zero-order valence-corrected chi connectivity index (χ0v) is 12.9. The molecule has 1 unspecified atom stereocenters. The van der Waals surface area contributed by atoms with E-state index in [-0.39, 0.29) is 5.92 Å². The van der Waals surface area contributed by atoms with Crippen LogP contribution in [0.2, 0.25) is 0 Å². The maximum absolute atomic E-state index is 11.5. The Bertz CT molecular complexity index is 864. The van der Waals surface area contributed by atoms with Gasteiger partial charge in [-0.2, -0.15) is 0 Å². The van der Waals surface area contributed by atoms with Crippen LogP contribution in [0.25, 0.3) is 16.6 Å². The number of aromatic nitrogens is 1. The molecule has 0 aliphatic heterocycles. The zero-order valence-electron chi connectivity index (χ0n) is 12.9. The molecule has 1 aromatic heterocycles. The molecule has 1 atom stereocenters. The standard InChI is InChI=1S/C20H19NO2/c22-20(23)14-7-6-12-19-17(13-14)16-10-4-5-11-18(16)21(19)15-8-2-1-3-9-15/h1-5,8-11,14H,6-7,12-13H2,(H,22,23). The summed E-state index contributed by atoms with van der Waals surface area (Å²) in [5, 5.41) is 10.7. The maximum Gasteiger partial charge on any atom is 0.306 e. The molecular weight excluding hydrogens is 286 g/mol. The average Bonchev–Trinajstić information content (AvgIpc) is 2.73. The minimum absolute atomic E-state index is 0.272. The van der Waals surface area contributed by atoms with Gasteiger partial charge in [-0.25, -0.2) is 0 Å². The highest BCUT2D eigenvalue weighted by Crippen LogP contribution is 2.35. The summed E-state index contributed by atoms with van der Waals surface area (Å²) >= 11 is 0. The highest BCUT2D eigenvalue weighted by Gasteiger charge is 2.27. The molecule has 116 valence electrons. The van der Waals surface area contributed by atoms with Gasteiger partial charge in [0.15, 0.2) is 0 Å². The van der Waals surface area contributed by atoms with E-state index in [1.54, 1.807) is 0 Å². The molecule has 1 aliphatic rings. The third kappa shape index (κ3) is 2.33. The van der Waals surface area contributed by atoms with Crippen LogP contribution in [0.15, 0.2) is 54.6 Å². The number of carboxylic acid groups (broad SMARTS) is 1. The third-order valence-corrected chi connectivity index (χ3v) is 4.87. The molecule has 3 nitrogen and oxygen atoms in total. The smallest absolute Gasteiger partial charge is 0.306 e. The van der Waals surface area contributed by atoms with Crippen molar-refractivity contribution in [3.63, 3.8) is 0 Å². The first kappa shape index (κ1) is 14.1. The zero-order chi connectivity index (χ0) is 15.8. The van der Waals surface area contributed by atoms with Crippen molar-refractivity contribution in [1.29, 1.82) is 0 Å². The van der Waals surface area contributed by atoms with Crippen molar-refractivity contribution < 1.29 is 9.90 Å². The molecule has 0 fully saturated rings. The van der Waals surface area contributed by atoms with Gasteiger partial charge in [-0.05, 0) is 49.4 Å². The second-order valence-corrected chi connectivity index (χ2v) is 6.24. The number of carbonyl (C=O) groups is 1. The first-order valence-electron chi connectivity index (χ1n) is 8.15. The summed E-state index contributed by atoms with van der Waals surface area (Å²) in [5.41, 5.74) is 4.82. The van der Waals surface area contributed by atoms with Gasteiger partial charge in [0.2, 0.25) is 0 Å². The van der Waals surface area contributed by atoms with E-state index in [0.29, 0.717) is 6.42 Å². The van der Waals surface area contributed by atoms with E-state index in [4.69, 9.17) is 0 Å². The molecule has 1 aliphatic carbocycles. The minimum atomic E-state index is -0.672. The summed E-state index contributed by atoms with van der Waals surface area (Å²) in [6, 6.07) is 18.7. The van der Waals surface area contributed by atoms with Crippen molar-refractivity contribution >= 4 is 16.9 Å². The molecule has 1 heterocycles. The van der Waals surface area contributed by atoms with Crippen molar-refractivity contribution in [1.82, 2.24) is 4.57 Å². The summed E-state index contributed by atoms with van der Waals surface area (Å²) in [6.07, 6.45) is 3.24. The van der Waals surface area contributed by atoms with E-state index in [1.807, 2.05) is 24.3 Å². The lowest BCUT2D eigenvalue weighted by Crippen LogP contribution is -2.15. The highest BCUT2D eigenvalue weighted by molar-refractivity contribution is 5.88. The molecule has 3 aromatic rings. The third-order valence-electron chi connectivity index (χ3n) is 4.87. The van der Waals surface area contributed by atoms with Gasteiger partial charge < -0.3 is 9.67 Å². The summed E-state index contributed by atoms with van der Waals surface area (Å²) in [5.74, 6) is -0.944. The quantitative estimate of drug-likeness (QED) is 0.721. The number of para-hydroxylation sites is 2. The molecular formula is C20H19NO2. The van der Waals surface area contributed by atoms with Gasteiger partial charge in [-0.3, -0.25) is 4.79 Å². The Kier molecular flexibility index (Phi) is 3.41. The Labute approximate surface area is 135 Å². The lowest BCUT2D eigenvalue weighted by atomic mass is 9.97. The van der Waals surface area contributed by atoms with Crippen molar-refractivity contribution in [2.45, 2.75) is 25.7 Å². The maximum atomic E-state index is 11.5. The SMILES string of the molecule is O=C(O)C1CCCc2c(c3ccccc3n2-c2ccccc2)C1. The van der Waals surface area contributed by atoms with Crippen LogP contribution in [0.4, 0.5) is 0 Å². The van der Waals surface area contributed by atoms with Crippen molar-refractivity contribution in [2.75, 3.05) is 0 Å². The van der Waals surface area contributed by atoms with Gasteiger partial charge in [0.05, 0.1) is 11.4 Å². The number of fused-ring (bicyclic) bond motifs is 3. The summed E-state index contributed by atoms with van der Waals surface area (Å²) in [4.78, 5) is 11.5. The van der Waals surface area contributed by atoms with Crippen LogP contribution in [0, 0.1) is 5.92 Å². The van der Waals surface area contributed by atoms with Crippen molar-refractivity contribution in [3.8, 4) is 5.69 Å². The van der Waals surface area contributed by atoms with Crippen LogP contribution in [-0.4, -0.2) is 15.6 Å². The minimum Gasteiger partial charge on any atom is -0.481 e. The predicted molar refractivity (Wildman–Crippen MR) is 91.0 cm³/mol. The Morgan fingerprint density at radius 3 is 2.57 bits per heavy atom. The van der Waals surface area contributed by atoms with Gasteiger partial charge in [-0.1, -0.05) is 36.4 Å². The monoisotopic (exact) mass is 305 g/mol.